The summed E-state index contributed by atoms with van der Waals surface area (Å²) in [7, 11) is 0. The van der Waals surface area contributed by atoms with Gasteiger partial charge in [-0.15, -0.1) is 0 Å². The Balaban J connectivity index is 2.46. The molecule has 0 radical (unpaired) electrons. The van der Waals surface area contributed by atoms with Gasteiger partial charge in [0.15, 0.2) is 0 Å². The molecular formula is C22H28O3. The molecule has 3 nitrogen and oxygen atoms in total. The van der Waals surface area contributed by atoms with Gasteiger partial charge in [-0.1, -0.05) is 75.9 Å². The molecule has 0 aliphatic carbocycles. The van der Waals surface area contributed by atoms with Crippen molar-refractivity contribution < 1.29 is 14.6 Å². The van der Waals surface area contributed by atoms with Gasteiger partial charge in [0, 0.05) is 5.56 Å². The third-order valence-corrected chi connectivity index (χ3v) is 4.70. The highest BCUT2D eigenvalue weighted by Crippen LogP contribution is 2.41. The summed E-state index contributed by atoms with van der Waals surface area (Å²) in [5.74, 6) is 0.613. The van der Waals surface area contributed by atoms with Crippen LogP contribution >= 0.6 is 0 Å². The highest BCUT2D eigenvalue weighted by Gasteiger charge is 2.41. The Morgan fingerprint density at radius 2 is 1.48 bits per heavy atom. The zero-order valence-corrected chi connectivity index (χ0v) is 15.2. The lowest BCUT2D eigenvalue weighted by atomic mass is 9.72. The molecule has 0 unspecified atom stereocenters. The summed E-state index contributed by atoms with van der Waals surface area (Å²) < 4.78 is 6.06. The van der Waals surface area contributed by atoms with Crippen LogP contribution < -0.4 is 4.74 Å². The standard InChI is InChI=1S/C22H28O3/c1-3-5-16-22(21(23)24,17-6-4-2)19-14-10-11-15-20(19)25-18-12-8-7-9-13-18/h7-15H,3-6,16-17H2,1-2H3,(H,23,24). The number of hydrogen-bond donors (Lipinski definition) is 1. The van der Waals surface area contributed by atoms with E-state index < -0.39 is 11.4 Å². The second-order valence-electron chi connectivity index (χ2n) is 6.51. The predicted molar refractivity (Wildman–Crippen MR) is 101 cm³/mol. The first kappa shape index (κ1) is 19.0. The van der Waals surface area contributed by atoms with Crippen LogP contribution in [0.25, 0.3) is 0 Å². The molecule has 2 aromatic rings. The molecule has 0 saturated carbocycles. The Hall–Kier alpha value is -2.29. The van der Waals surface area contributed by atoms with E-state index in [1.54, 1.807) is 0 Å². The van der Waals surface area contributed by atoms with Gasteiger partial charge in [-0.2, -0.15) is 0 Å². The van der Waals surface area contributed by atoms with Crippen LogP contribution in [0.2, 0.25) is 0 Å². The van der Waals surface area contributed by atoms with Crippen molar-refractivity contribution in [3.63, 3.8) is 0 Å². The van der Waals surface area contributed by atoms with Crippen LogP contribution in [0.1, 0.15) is 57.9 Å². The van der Waals surface area contributed by atoms with Crippen LogP contribution in [0.5, 0.6) is 11.5 Å². The lowest BCUT2D eigenvalue weighted by molar-refractivity contribution is -0.144. The second kappa shape index (κ2) is 9.26. The molecule has 0 atom stereocenters. The molecule has 1 N–H and O–H groups in total. The van der Waals surface area contributed by atoms with Gasteiger partial charge >= 0.3 is 5.97 Å². The first-order chi connectivity index (χ1) is 12.1. The maximum absolute atomic E-state index is 12.4. The summed E-state index contributed by atoms with van der Waals surface area (Å²) in [6.07, 6.45) is 4.99. The first-order valence-corrected chi connectivity index (χ1v) is 9.20. The van der Waals surface area contributed by atoms with Gasteiger partial charge in [-0.3, -0.25) is 4.79 Å². The summed E-state index contributed by atoms with van der Waals surface area (Å²) >= 11 is 0. The second-order valence-corrected chi connectivity index (χ2v) is 6.51. The Morgan fingerprint density at radius 1 is 0.920 bits per heavy atom. The molecule has 0 aliphatic heterocycles. The first-order valence-electron chi connectivity index (χ1n) is 9.20. The van der Waals surface area contributed by atoms with E-state index in [-0.39, 0.29) is 0 Å². The van der Waals surface area contributed by atoms with Crippen molar-refractivity contribution in [2.45, 2.75) is 57.8 Å². The Labute approximate surface area is 150 Å². The average molecular weight is 340 g/mol. The van der Waals surface area contributed by atoms with E-state index >= 15 is 0 Å². The van der Waals surface area contributed by atoms with E-state index in [1.165, 1.54) is 0 Å². The molecule has 0 aromatic heterocycles. The van der Waals surface area contributed by atoms with Gasteiger partial charge in [0.2, 0.25) is 0 Å². The van der Waals surface area contributed by atoms with E-state index in [9.17, 15) is 9.90 Å². The molecule has 2 rings (SSSR count). The molecule has 0 saturated heterocycles. The number of carbonyl (C=O) groups is 1. The van der Waals surface area contributed by atoms with E-state index in [1.807, 2.05) is 54.6 Å². The van der Waals surface area contributed by atoms with Gasteiger partial charge in [0.25, 0.3) is 0 Å². The van der Waals surface area contributed by atoms with Gasteiger partial charge in [-0.25, -0.2) is 0 Å². The van der Waals surface area contributed by atoms with Crippen molar-refractivity contribution in [3.05, 3.63) is 60.2 Å². The minimum Gasteiger partial charge on any atom is -0.481 e. The molecule has 2 aromatic carbocycles. The predicted octanol–water partition coefficient (Wildman–Crippen LogP) is 6.18. The Morgan fingerprint density at radius 3 is 2.04 bits per heavy atom. The van der Waals surface area contributed by atoms with Crippen LogP contribution in [-0.4, -0.2) is 11.1 Å². The molecule has 0 heterocycles. The molecule has 0 bridgehead atoms. The third-order valence-electron chi connectivity index (χ3n) is 4.70. The van der Waals surface area contributed by atoms with Crippen molar-refractivity contribution in [1.29, 1.82) is 0 Å². The fourth-order valence-electron chi connectivity index (χ4n) is 3.25. The monoisotopic (exact) mass is 340 g/mol. The van der Waals surface area contributed by atoms with Gasteiger partial charge in [-0.05, 0) is 31.0 Å². The van der Waals surface area contributed by atoms with Gasteiger partial charge in [0.1, 0.15) is 11.5 Å². The lowest BCUT2D eigenvalue weighted by Crippen LogP contribution is -2.36. The molecule has 0 spiro atoms. The molecule has 134 valence electrons. The number of hydrogen-bond acceptors (Lipinski definition) is 2. The SMILES string of the molecule is CCCCC(CCCC)(C(=O)O)c1ccccc1Oc1ccccc1. The normalized spacial score (nSPS) is 11.3. The summed E-state index contributed by atoms with van der Waals surface area (Å²) in [5, 5.41) is 10.2. The maximum atomic E-state index is 12.4. The van der Waals surface area contributed by atoms with Crippen molar-refractivity contribution in [1.82, 2.24) is 0 Å². The molecule has 0 fully saturated rings. The smallest absolute Gasteiger partial charge is 0.314 e. The zero-order chi connectivity index (χ0) is 18.1. The highest BCUT2D eigenvalue weighted by molar-refractivity contribution is 5.82. The average Bonchev–Trinajstić information content (AvgIpc) is 2.63. The Kier molecular flexibility index (Phi) is 7.05. The van der Waals surface area contributed by atoms with E-state index in [0.717, 1.165) is 37.0 Å². The minimum atomic E-state index is -0.891. The quantitative estimate of drug-likeness (QED) is 0.561. The largest absolute Gasteiger partial charge is 0.481 e. The fourth-order valence-corrected chi connectivity index (χ4v) is 3.25. The summed E-state index contributed by atoms with van der Waals surface area (Å²) in [4.78, 5) is 12.4. The van der Waals surface area contributed by atoms with Crippen LogP contribution in [0.3, 0.4) is 0 Å². The number of rotatable bonds is 10. The summed E-state index contributed by atoms with van der Waals surface area (Å²) in [5.41, 5.74) is -0.106. The van der Waals surface area contributed by atoms with Gasteiger partial charge in [0.05, 0.1) is 5.41 Å². The van der Waals surface area contributed by atoms with Crippen molar-refractivity contribution in [3.8, 4) is 11.5 Å². The maximum Gasteiger partial charge on any atom is 0.314 e. The van der Waals surface area contributed by atoms with Crippen LogP contribution in [-0.2, 0) is 10.2 Å². The number of carboxylic acids is 1. The topological polar surface area (TPSA) is 46.5 Å². The van der Waals surface area contributed by atoms with Crippen molar-refractivity contribution >= 4 is 5.97 Å². The summed E-state index contributed by atoms with van der Waals surface area (Å²) in [6.45, 7) is 4.19. The highest BCUT2D eigenvalue weighted by atomic mass is 16.5. The number of para-hydroxylation sites is 2. The van der Waals surface area contributed by atoms with Crippen LogP contribution in [0.4, 0.5) is 0 Å². The number of carboxylic acid groups (broad SMARTS) is 1. The third kappa shape index (κ3) is 4.62. The minimum absolute atomic E-state index is 0.633. The van der Waals surface area contributed by atoms with Crippen LogP contribution in [0.15, 0.2) is 54.6 Å². The molecule has 0 aliphatic rings. The van der Waals surface area contributed by atoms with E-state index in [0.29, 0.717) is 18.6 Å². The lowest BCUT2D eigenvalue weighted by Gasteiger charge is -2.31. The number of ether oxygens (including phenoxy) is 1. The van der Waals surface area contributed by atoms with Crippen molar-refractivity contribution in [2.75, 3.05) is 0 Å². The van der Waals surface area contributed by atoms with Crippen LogP contribution in [0, 0.1) is 0 Å². The molecule has 25 heavy (non-hydrogen) atoms. The molecule has 3 heteroatoms. The van der Waals surface area contributed by atoms with Crippen molar-refractivity contribution in [2.24, 2.45) is 0 Å². The zero-order valence-electron chi connectivity index (χ0n) is 15.2. The summed E-state index contributed by atoms with van der Waals surface area (Å²) in [6, 6.07) is 17.1. The molecular weight excluding hydrogens is 312 g/mol. The van der Waals surface area contributed by atoms with Gasteiger partial charge < -0.3 is 9.84 Å². The van der Waals surface area contributed by atoms with E-state index in [4.69, 9.17) is 4.74 Å². The Bertz CT molecular complexity index is 656. The molecule has 0 amide bonds. The van der Waals surface area contributed by atoms with E-state index in [2.05, 4.69) is 13.8 Å². The number of aliphatic carboxylic acids is 1. The number of unbranched alkanes of at least 4 members (excludes halogenated alkanes) is 2. The fraction of sp³-hybridized carbons (Fsp3) is 0.409. The number of benzene rings is 2.